The summed E-state index contributed by atoms with van der Waals surface area (Å²) in [4.78, 5) is 2.56. The fourth-order valence-corrected chi connectivity index (χ4v) is 7.75. The Kier molecular flexibility index (Phi) is 5.43. The van der Waals surface area contributed by atoms with Gasteiger partial charge in [0.15, 0.2) is 11.5 Å². The molecule has 2 saturated heterocycles. The number of benzene rings is 1. The van der Waals surface area contributed by atoms with Gasteiger partial charge in [-0.3, -0.25) is 4.90 Å². The summed E-state index contributed by atoms with van der Waals surface area (Å²) in [6.45, 7) is 3.83. The van der Waals surface area contributed by atoms with Crippen LogP contribution in [0.5, 0.6) is 11.5 Å². The molecule has 8 heteroatoms. The molecule has 6 nitrogen and oxygen atoms in total. The zero-order valence-corrected chi connectivity index (χ0v) is 18.3. The number of halogens is 1. The van der Waals surface area contributed by atoms with Crippen LogP contribution in [-0.2, 0) is 16.4 Å². The van der Waals surface area contributed by atoms with Gasteiger partial charge in [0, 0.05) is 37.6 Å². The van der Waals surface area contributed by atoms with E-state index in [-0.39, 0.29) is 17.8 Å². The third kappa shape index (κ3) is 3.64. The van der Waals surface area contributed by atoms with Gasteiger partial charge in [-0.25, -0.2) is 8.42 Å². The second kappa shape index (κ2) is 7.91. The maximum Gasteiger partial charge on any atom is 0.214 e. The first kappa shape index (κ1) is 19.9. The first-order chi connectivity index (χ1) is 14.1. The lowest BCUT2D eigenvalue weighted by Gasteiger charge is -2.51. The number of ether oxygens (including phenoxy) is 2. The molecule has 0 bridgehead atoms. The van der Waals surface area contributed by atoms with E-state index in [9.17, 15) is 8.42 Å². The average molecular weight is 441 g/mol. The van der Waals surface area contributed by atoms with Crippen molar-refractivity contribution in [2.75, 3.05) is 44.5 Å². The Balaban J connectivity index is 1.44. The number of rotatable bonds is 4. The highest BCUT2D eigenvalue weighted by molar-refractivity contribution is 7.89. The number of piperidine rings is 2. The van der Waals surface area contributed by atoms with Gasteiger partial charge in [0.1, 0.15) is 13.2 Å². The lowest BCUT2D eigenvalue weighted by molar-refractivity contribution is 0.0217. The van der Waals surface area contributed by atoms with Gasteiger partial charge in [-0.1, -0.05) is 0 Å². The summed E-state index contributed by atoms with van der Waals surface area (Å²) in [6, 6.07) is 4.63. The fourth-order valence-electron chi connectivity index (χ4n) is 5.64. The molecule has 3 atom stereocenters. The maximum absolute atomic E-state index is 13.0. The molecule has 2 fully saturated rings. The van der Waals surface area contributed by atoms with Gasteiger partial charge in [0.2, 0.25) is 10.0 Å². The molecule has 1 aromatic rings. The zero-order valence-electron chi connectivity index (χ0n) is 16.7. The third-order valence-corrected chi connectivity index (χ3v) is 9.21. The lowest BCUT2D eigenvalue weighted by atomic mass is 9.77. The van der Waals surface area contributed by atoms with E-state index >= 15 is 0 Å². The number of sulfonamides is 1. The van der Waals surface area contributed by atoms with Crippen LogP contribution in [0.3, 0.4) is 0 Å². The molecule has 0 aliphatic carbocycles. The van der Waals surface area contributed by atoms with E-state index in [4.69, 9.17) is 21.1 Å². The molecule has 0 N–H and O–H groups in total. The maximum atomic E-state index is 13.0. The highest BCUT2D eigenvalue weighted by atomic mass is 35.5. The van der Waals surface area contributed by atoms with E-state index in [1.54, 1.807) is 0 Å². The smallest absolute Gasteiger partial charge is 0.214 e. The monoisotopic (exact) mass is 440 g/mol. The van der Waals surface area contributed by atoms with Gasteiger partial charge in [0.25, 0.3) is 0 Å². The molecule has 4 heterocycles. The topological polar surface area (TPSA) is 59.1 Å². The Morgan fingerprint density at radius 2 is 1.93 bits per heavy atom. The Morgan fingerprint density at radius 3 is 2.72 bits per heavy atom. The quantitative estimate of drug-likeness (QED) is 0.674. The number of alkyl halides is 1. The van der Waals surface area contributed by atoms with Crippen LogP contribution in [0.25, 0.3) is 0 Å². The third-order valence-electron chi connectivity index (χ3n) is 6.97. The molecule has 1 aromatic carbocycles. The Morgan fingerprint density at radius 1 is 1.14 bits per heavy atom. The molecule has 0 spiro atoms. The van der Waals surface area contributed by atoms with E-state index in [1.165, 1.54) is 11.1 Å². The first-order valence-corrected chi connectivity index (χ1v) is 12.9. The standard InChI is InChI=1S/C21H29ClN2O4S/c22-5-2-10-29(25,26)24-6-1-3-16-14-23-7-4-15-11-20-21(28-9-8-27-20)12-17(15)19(23)13-18(16)24/h11-12,16,18-19H,1-10,13-14H2/t16-,18+,19+/m1/s1. The van der Waals surface area contributed by atoms with Crippen molar-refractivity contribution >= 4 is 21.6 Å². The molecular weight excluding hydrogens is 412 g/mol. The van der Waals surface area contributed by atoms with Crippen LogP contribution in [0.15, 0.2) is 12.1 Å². The van der Waals surface area contributed by atoms with E-state index in [2.05, 4.69) is 17.0 Å². The van der Waals surface area contributed by atoms with Crippen LogP contribution >= 0.6 is 11.6 Å². The van der Waals surface area contributed by atoms with Crippen molar-refractivity contribution in [1.82, 2.24) is 9.21 Å². The van der Waals surface area contributed by atoms with Crippen LogP contribution in [0.1, 0.15) is 42.9 Å². The molecule has 0 unspecified atom stereocenters. The van der Waals surface area contributed by atoms with Crippen LogP contribution < -0.4 is 9.47 Å². The molecule has 0 radical (unpaired) electrons. The fraction of sp³-hybridized carbons (Fsp3) is 0.714. The number of hydrogen-bond acceptors (Lipinski definition) is 5. The summed E-state index contributed by atoms with van der Waals surface area (Å²) in [5.41, 5.74) is 2.61. The predicted molar refractivity (Wildman–Crippen MR) is 112 cm³/mol. The molecule has 160 valence electrons. The molecule has 0 amide bonds. The molecule has 29 heavy (non-hydrogen) atoms. The molecule has 5 rings (SSSR count). The van der Waals surface area contributed by atoms with Gasteiger partial charge in [-0.15, -0.1) is 11.6 Å². The van der Waals surface area contributed by atoms with Crippen molar-refractivity contribution < 1.29 is 17.9 Å². The largest absolute Gasteiger partial charge is 0.486 e. The van der Waals surface area contributed by atoms with E-state index in [1.807, 2.05) is 4.31 Å². The van der Waals surface area contributed by atoms with Crippen LogP contribution in [-0.4, -0.2) is 68.1 Å². The van der Waals surface area contributed by atoms with Crippen molar-refractivity contribution in [2.45, 2.75) is 44.2 Å². The minimum Gasteiger partial charge on any atom is -0.486 e. The molecule has 4 aliphatic rings. The van der Waals surface area contributed by atoms with Crippen molar-refractivity contribution in [3.05, 3.63) is 23.3 Å². The van der Waals surface area contributed by atoms with Crippen LogP contribution in [0.2, 0.25) is 0 Å². The minimum absolute atomic E-state index is 0.0875. The Hall–Kier alpha value is -1.02. The number of fused-ring (bicyclic) bond motifs is 5. The minimum atomic E-state index is -3.26. The van der Waals surface area contributed by atoms with Crippen LogP contribution in [0.4, 0.5) is 0 Å². The van der Waals surface area contributed by atoms with Crippen molar-refractivity contribution in [1.29, 1.82) is 0 Å². The summed E-state index contributed by atoms with van der Waals surface area (Å²) in [5.74, 6) is 2.64. The molecule has 0 aromatic heterocycles. The van der Waals surface area contributed by atoms with Crippen LogP contribution in [0, 0.1) is 5.92 Å². The van der Waals surface area contributed by atoms with E-state index in [0.29, 0.717) is 38.0 Å². The van der Waals surface area contributed by atoms with Gasteiger partial charge < -0.3 is 9.47 Å². The average Bonchev–Trinajstić information content (AvgIpc) is 2.74. The van der Waals surface area contributed by atoms with E-state index in [0.717, 1.165) is 50.3 Å². The summed E-state index contributed by atoms with van der Waals surface area (Å²) < 4.78 is 39.5. The Labute approximate surface area is 178 Å². The highest BCUT2D eigenvalue weighted by Crippen LogP contribution is 2.46. The van der Waals surface area contributed by atoms with Crippen molar-refractivity contribution in [3.63, 3.8) is 0 Å². The normalized spacial score (nSPS) is 29.6. The van der Waals surface area contributed by atoms with E-state index < -0.39 is 10.0 Å². The van der Waals surface area contributed by atoms with Gasteiger partial charge >= 0.3 is 0 Å². The first-order valence-electron chi connectivity index (χ1n) is 10.8. The summed E-state index contributed by atoms with van der Waals surface area (Å²) >= 11 is 5.78. The van der Waals surface area contributed by atoms with Gasteiger partial charge in [0.05, 0.1) is 5.75 Å². The summed E-state index contributed by atoms with van der Waals surface area (Å²) in [7, 11) is -3.26. The second-order valence-corrected chi connectivity index (χ2v) is 11.0. The molecule has 4 aliphatic heterocycles. The van der Waals surface area contributed by atoms with Crippen molar-refractivity contribution in [3.8, 4) is 11.5 Å². The van der Waals surface area contributed by atoms with Gasteiger partial charge in [-0.05, 0) is 61.3 Å². The highest BCUT2D eigenvalue weighted by Gasteiger charge is 2.46. The molecule has 0 saturated carbocycles. The number of hydrogen-bond donors (Lipinski definition) is 0. The second-order valence-electron chi connectivity index (χ2n) is 8.63. The zero-order chi connectivity index (χ0) is 20.0. The van der Waals surface area contributed by atoms with Gasteiger partial charge in [-0.2, -0.15) is 4.31 Å². The number of nitrogens with zero attached hydrogens (tertiary/aromatic N) is 2. The predicted octanol–water partition coefficient (Wildman–Crippen LogP) is 2.80. The van der Waals surface area contributed by atoms with Crippen molar-refractivity contribution in [2.24, 2.45) is 5.92 Å². The Bertz CT molecular complexity index is 878. The summed E-state index contributed by atoms with van der Waals surface area (Å²) in [6.07, 6.45) is 4.45. The SMILES string of the molecule is O=S(=O)(CCCCl)N1CCC[C@@H]2CN3CCc4cc5c(cc4[C@@H]3C[C@@H]21)OCCO5. The lowest BCUT2D eigenvalue weighted by Crippen LogP contribution is -2.57. The molecular formula is C21H29ClN2O4S. The summed E-state index contributed by atoms with van der Waals surface area (Å²) in [5, 5.41) is 0.